The highest BCUT2D eigenvalue weighted by Crippen LogP contribution is 2.34. The van der Waals surface area contributed by atoms with Crippen LogP contribution in [0, 0.1) is 13.8 Å². The average Bonchev–Trinajstić information content (AvgIpc) is 3.36. The summed E-state index contributed by atoms with van der Waals surface area (Å²) in [5, 5.41) is 0.610. The average molecular weight is 550 g/mol. The van der Waals surface area contributed by atoms with E-state index in [0.29, 0.717) is 30.3 Å². The molecule has 0 aliphatic carbocycles. The summed E-state index contributed by atoms with van der Waals surface area (Å²) in [6.45, 7) is 8.75. The van der Waals surface area contributed by atoms with Crippen molar-refractivity contribution >= 4 is 42.6 Å². The van der Waals surface area contributed by atoms with Crippen molar-refractivity contribution in [3.8, 4) is 0 Å². The van der Waals surface area contributed by atoms with Gasteiger partial charge in [-0.15, -0.1) is 0 Å². The fourth-order valence-corrected chi connectivity index (χ4v) is 7.46. The number of benzene rings is 3. The number of hydrogen-bond donors (Lipinski definition) is 0. The van der Waals surface area contributed by atoms with Crippen molar-refractivity contribution in [3.63, 3.8) is 0 Å². The summed E-state index contributed by atoms with van der Waals surface area (Å²) in [5.41, 5.74) is 4.44. The van der Waals surface area contributed by atoms with Gasteiger partial charge in [-0.2, -0.15) is 4.31 Å². The van der Waals surface area contributed by atoms with Crippen LogP contribution in [-0.4, -0.2) is 48.9 Å². The standard InChI is InChI=1S/C29H31N3O4S2/c1-19-10-11-20(2)27-26(19)30-29(37-27)32(18-23-8-6-5-7-9-23)28(33)24-12-14-25(15-13-24)38(34,35)31-16-21(3)36-22(4)17-31/h5-15,21-22H,16-18H2,1-4H3. The highest BCUT2D eigenvalue weighted by Gasteiger charge is 2.32. The molecule has 0 saturated carbocycles. The molecule has 198 valence electrons. The highest BCUT2D eigenvalue weighted by molar-refractivity contribution is 7.89. The smallest absolute Gasteiger partial charge is 0.260 e. The second-order valence-electron chi connectivity index (χ2n) is 9.85. The molecule has 0 spiro atoms. The normalized spacial score (nSPS) is 18.5. The van der Waals surface area contributed by atoms with E-state index in [0.717, 1.165) is 26.9 Å². The van der Waals surface area contributed by atoms with Gasteiger partial charge < -0.3 is 4.74 Å². The highest BCUT2D eigenvalue weighted by atomic mass is 32.2. The molecule has 1 saturated heterocycles. The Kier molecular flexibility index (Phi) is 7.37. The Labute approximate surface area is 227 Å². The molecule has 0 radical (unpaired) electrons. The third kappa shape index (κ3) is 5.24. The maximum absolute atomic E-state index is 13.9. The van der Waals surface area contributed by atoms with Crippen LogP contribution in [0.3, 0.4) is 0 Å². The number of sulfonamides is 1. The minimum Gasteiger partial charge on any atom is -0.373 e. The number of rotatable bonds is 6. The number of nitrogens with zero attached hydrogens (tertiary/aromatic N) is 3. The predicted octanol–water partition coefficient (Wildman–Crippen LogP) is 5.56. The molecule has 1 aliphatic heterocycles. The lowest BCUT2D eigenvalue weighted by atomic mass is 10.1. The Balaban J connectivity index is 1.48. The molecule has 2 unspecified atom stereocenters. The summed E-state index contributed by atoms with van der Waals surface area (Å²) in [6.07, 6.45) is -0.357. The number of fused-ring (bicyclic) bond motifs is 1. The molecule has 9 heteroatoms. The Morgan fingerprint density at radius 2 is 1.61 bits per heavy atom. The van der Waals surface area contributed by atoms with E-state index in [1.165, 1.54) is 27.8 Å². The van der Waals surface area contributed by atoms with Gasteiger partial charge in [0.25, 0.3) is 5.91 Å². The molecule has 5 rings (SSSR count). The van der Waals surface area contributed by atoms with Gasteiger partial charge in [0.2, 0.25) is 10.0 Å². The molecule has 1 fully saturated rings. The lowest BCUT2D eigenvalue weighted by Gasteiger charge is -2.34. The van der Waals surface area contributed by atoms with Crippen LogP contribution in [0.1, 0.15) is 40.9 Å². The number of hydrogen-bond acceptors (Lipinski definition) is 6. The van der Waals surface area contributed by atoms with Crippen molar-refractivity contribution in [2.45, 2.75) is 51.3 Å². The number of thiazole rings is 1. The van der Waals surface area contributed by atoms with Crippen molar-refractivity contribution in [2.24, 2.45) is 0 Å². The first-order chi connectivity index (χ1) is 18.1. The number of carbonyl (C=O) groups excluding carboxylic acids is 1. The van der Waals surface area contributed by atoms with E-state index < -0.39 is 10.0 Å². The lowest BCUT2D eigenvalue weighted by Crippen LogP contribution is -2.48. The number of carbonyl (C=O) groups is 1. The topological polar surface area (TPSA) is 79.8 Å². The van der Waals surface area contributed by atoms with E-state index in [1.807, 2.05) is 64.1 Å². The summed E-state index contributed by atoms with van der Waals surface area (Å²) in [5.74, 6) is -0.235. The first kappa shape index (κ1) is 26.5. The zero-order valence-electron chi connectivity index (χ0n) is 21.9. The van der Waals surface area contributed by atoms with E-state index in [4.69, 9.17) is 9.72 Å². The van der Waals surface area contributed by atoms with Gasteiger partial charge >= 0.3 is 0 Å². The fraction of sp³-hybridized carbons (Fsp3) is 0.310. The van der Waals surface area contributed by atoms with E-state index >= 15 is 0 Å². The van der Waals surface area contributed by atoms with Crippen molar-refractivity contribution in [3.05, 3.63) is 89.0 Å². The molecule has 0 bridgehead atoms. The number of anilines is 1. The monoisotopic (exact) mass is 549 g/mol. The van der Waals surface area contributed by atoms with Crippen molar-refractivity contribution in [1.82, 2.24) is 9.29 Å². The van der Waals surface area contributed by atoms with Crippen LogP contribution in [-0.2, 0) is 21.3 Å². The molecule has 1 aromatic heterocycles. The Bertz CT molecular complexity index is 1520. The van der Waals surface area contributed by atoms with Crippen molar-refractivity contribution in [1.29, 1.82) is 0 Å². The van der Waals surface area contributed by atoms with Gasteiger partial charge in [-0.25, -0.2) is 13.4 Å². The van der Waals surface area contributed by atoms with Crippen LogP contribution in [0.15, 0.2) is 71.6 Å². The second kappa shape index (κ2) is 10.6. The third-order valence-electron chi connectivity index (χ3n) is 6.72. The molecule has 4 aromatic rings. The van der Waals surface area contributed by atoms with Crippen LogP contribution in [0.25, 0.3) is 10.2 Å². The van der Waals surface area contributed by atoms with Crippen LogP contribution < -0.4 is 4.90 Å². The molecule has 1 amide bonds. The van der Waals surface area contributed by atoms with Gasteiger partial charge in [0.15, 0.2) is 5.13 Å². The van der Waals surface area contributed by atoms with E-state index in [2.05, 4.69) is 6.07 Å². The van der Waals surface area contributed by atoms with Gasteiger partial charge in [0.05, 0.1) is 33.9 Å². The number of aryl methyl sites for hydroxylation is 2. The van der Waals surface area contributed by atoms with E-state index in [-0.39, 0.29) is 23.0 Å². The summed E-state index contributed by atoms with van der Waals surface area (Å²) >= 11 is 1.49. The van der Waals surface area contributed by atoms with Gasteiger partial charge in [-0.05, 0) is 68.7 Å². The van der Waals surface area contributed by atoms with Gasteiger partial charge in [-0.1, -0.05) is 53.8 Å². The van der Waals surface area contributed by atoms with Crippen molar-refractivity contribution < 1.29 is 17.9 Å². The molecular weight excluding hydrogens is 518 g/mol. The van der Waals surface area contributed by atoms with Gasteiger partial charge in [0.1, 0.15) is 0 Å². The number of aromatic nitrogens is 1. The Hall–Kier alpha value is -3.11. The quantitative estimate of drug-likeness (QED) is 0.315. The molecule has 38 heavy (non-hydrogen) atoms. The summed E-state index contributed by atoms with van der Waals surface area (Å²) in [6, 6.07) is 20.1. The molecule has 3 aromatic carbocycles. The lowest BCUT2D eigenvalue weighted by molar-refractivity contribution is -0.0440. The number of ether oxygens (including phenoxy) is 1. The van der Waals surface area contributed by atoms with Gasteiger partial charge in [-0.3, -0.25) is 9.69 Å². The second-order valence-corrected chi connectivity index (χ2v) is 12.8. The Morgan fingerprint density at radius 3 is 2.24 bits per heavy atom. The minimum atomic E-state index is -3.70. The predicted molar refractivity (Wildman–Crippen MR) is 151 cm³/mol. The summed E-state index contributed by atoms with van der Waals surface area (Å²) in [7, 11) is -3.70. The summed E-state index contributed by atoms with van der Waals surface area (Å²) in [4.78, 5) is 20.6. The molecule has 2 atom stereocenters. The minimum absolute atomic E-state index is 0.163. The molecule has 1 aliphatic rings. The third-order valence-corrected chi connectivity index (χ3v) is 9.78. The largest absolute Gasteiger partial charge is 0.373 e. The van der Waals surface area contributed by atoms with Crippen LogP contribution in [0.4, 0.5) is 5.13 Å². The molecule has 7 nitrogen and oxygen atoms in total. The Morgan fingerprint density at radius 1 is 0.974 bits per heavy atom. The molecule has 0 N–H and O–H groups in total. The SMILES string of the molecule is Cc1ccc(C)c2sc(N(Cc3ccccc3)C(=O)c3ccc(S(=O)(=O)N4CC(C)OC(C)C4)cc3)nc12. The van der Waals surface area contributed by atoms with E-state index in [1.54, 1.807) is 17.0 Å². The first-order valence-electron chi connectivity index (χ1n) is 12.6. The van der Waals surface area contributed by atoms with Gasteiger partial charge in [0, 0.05) is 18.7 Å². The summed E-state index contributed by atoms with van der Waals surface area (Å²) < 4.78 is 34.8. The number of amides is 1. The van der Waals surface area contributed by atoms with Crippen molar-refractivity contribution in [2.75, 3.05) is 18.0 Å². The van der Waals surface area contributed by atoms with Crippen LogP contribution >= 0.6 is 11.3 Å². The van der Waals surface area contributed by atoms with Crippen LogP contribution in [0.2, 0.25) is 0 Å². The first-order valence-corrected chi connectivity index (χ1v) is 14.9. The van der Waals surface area contributed by atoms with Crippen LogP contribution in [0.5, 0.6) is 0 Å². The molecular formula is C29H31N3O4S2. The maximum Gasteiger partial charge on any atom is 0.260 e. The fourth-order valence-electron chi connectivity index (χ4n) is 4.76. The zero-order valence-corrected chi connectivity index (χ0v) is 23.6. The molecule has 2 heterocycles. The zero-order chi connectivity index (χ0) is 27.0. The van der Waals surface area contributed by atoms with E-state index in [9.17, 15) is 13.2 Å². The maximum atomic E-state index is 13.9. The number of morpholine rings is 1.